The van der Waals surface area contributed by atoms with E-state index >= 15 is 0 Å². The minimum Gasteiger partial charge on any atom is -0.469 e. The van der Waals surface area contributed by atoms with Gasteiger partial charge in [-0.2, -0.15) is 4.98 Å². The van der Waals surface area contributed by atoms with Gasteiger partial charge in [-0.05, 0) is 46.0 Å². The molecule has 0 aliphatic heterocycles. The van der Waals surface area contributed by atoms with E-state index in [2.05, 4.69) is 64.9 Å². The smallest absolute Gasteiger partial charge is 0.330 e. The average molecular weight is 895 g/mol. The number of esters is 4. The first-order valence-corrected chi connectivity index (χ1v) is 21.4. The van der Waals surface area contributed by atoms with Crippen LogP contribution in [0.4, 0.5) is 0 Å². The highest BCUT2D eigenvalue weighted by molar-refractivity contribution is 5.82. The van der Waals surface area contributed by atoms with E-state index in [-0.39, 0.29) is 30.6 Å². The maximum absolute atomic E-state index is 10.7. The van der Waals surface area contributed by atoms with Crippen LogP contribution in [0, 0.1) is 19.8 Å². The molecule has 3 atom stereocenters. The normalized spacial score (nSPS) is 11.0. The number of ether oxygens (including phenoxy) is 8. The summed E-state index contributed by atoms with van der Waals surface area (Å²) in [4.78, 5) is 46.4. The maximum atomic E-state index is 10.7. The van der Waals surface area contributed by atoms with Crippen LogP contribution in [0.5, 0.6) is 0 Å². The number of aryl methyl sites for hydroxylation is 2. The quantitative estimate of drug-likeness (QED) is 0.0397. The van der Waals surface area contributed by atoms with Crippen molar-refractivity contribution in [2.75, 3.05) is 68.6 Å². The van der Waals surface area contributed by atoms with Crippen LogP contribution in [-0.2, 0) is 57.1 Å². The van der Waals surface area contributed by atoms with Crippen LogP contribution in [0.15, 0.2) is 66.8 Å². The lowest BCUT2D eigenvalue weighted by molar-refractivity contribution is -0.146. The second kappa shape index (κ2) is 48.3. The van der Waals surface area contributed by atoms with Crippen LogP contribution in [0.3, 0.4) is 0 Å². The van der Waals surface area contributed by atoms with Gasteiger partial charge < -0.3 is 42.4 Å². The topological polar surface area (TPSA) is 181 Å². The molecule has 0 amide bonds. The summed E-state index contributed by atoms with van der Waals surface area (Å²) in [6, 6.07) is 8.03. The fraction of sp³-hybridized carbons (Fsp3) is 0.625. The summed E-state index contributed by atoms with van der Waals surface area (Å²) >= 11 is 0. The fourth-order valence-corrected chi connectivity index (χ4v) is 4.31. The monoisotopic (exact) mass is 895 g/mol. The molecule has 2 aromatic rings. The van der Waals surface area contributed by atoms with Crippen LogP contribution < -0.4 is 0 Å². The molecule has 362 valence electrons. The Morgan fingerprint density at radius 1 is 0.651 bits per heavy atom. The largest absolute Gasteiger partial charge is 0.469 e. The highest BCUT2D eigenvalue weighted by Crippen LogP contribution is 2.15. The zero-order chi connectivity index (χ0) is 48.7. The molecule has 15 heteroatoms. The summed E-state index contributed by atoms with van der Waals surface area (Å²) in [5.41, 5.74) is 2.21. The van der Waals surface area contributed by atoms with Crippen LogP contribution in [0.1, 0.15) is 110 Å². The molecule has 0 saturated carbocycles. The minimum absolute atomic E-state index is 0.0968. The van der Waals surface area contributed by atoms with Crippen molar-refractivity contribution in [3.8, 4) is 11.4 Å². The first kappa shape index (κ1) is 64.9. The van der Waals surface area contributed by atoms with E-state index in [0.29, 0.717) is 38.0 Å². The number of aromatic nitrogens is 2. The number of methoxy groups -OCH3 is 5. The third-order valence-electron chi connectivity index (χ3n) is 7.92. The minimum atomic E-state index is -0.475. The molecule has 0 N–H and O–H groups in total. The average Bonchev–Trinajstić information content (AvgIpc) is 3.72. The van der Waals surface area contributed by atoms with Crippen molar-refractivity contribution in [3.63, 3.8) is 0 Å². The number of unbranched alkanes of at least 4 members (excludes halogenated alkanes) is 4. The highest BCUT2D eigenvalue weighted by atomic mass is 16.6. The maximum Gasteiger partial charge on any atom is 0.330 e. The van der Waals surface area contributed by atoms with Crippen molar-refractivity contribution in [2.45, 2.75) is 125 Å². The third kappa shape index (κ3) is 48.2. The van der Waals surface area contributed by atoms with Gasteiger partial charge in [-0.1, -0.05) is 108 Å². The summed E-state index contributed by atoms with van der Waals surface area (Å²) in [6.45, 7) is 27.0. The van der Waals surface area contributed by atoms with E-state index in [9.17, 15) is 19.2 Å². The van der Waals surface area contributed by atoms with Crippen LogP contribution in [0.25, 0.3) is 11.4 Å². The number of benzene rings is 1. The number of carbonyl (C=O) groups is 4. The Bertz CT molecular complexity index is 1410. The molecule has 15 nitrogen and oxygen atoms in total. The Balaban J connectivity index is -0.000000335. The zero-order valence-corrected chi connectivity index (χ0v) is 40.7. The van der Waals surface area contributed by atoms with Crippen LogP contribution in [-0.4, -0.2) is 115 Å². The van der Waals surface area contributed by atoms with Crippen LogP contribution in [0.2, 0.25) is 0 Å². The highest BCUT2D eigenvalue weighted by Gasteiger charge is 2.09. The van der Waals surface area contributed by atoms with Gasteiger partial charge in [0, 0.05) is 91.8 Å². The van der Waals surface area contributed by atoms with E-state index in [1.165, 1.54) is 57.6 Å². The molecule has 2 rings (SSSR count). The van der Waals surface area contributed by atoms with Crippen molar-refractivity contribution < 1.29 is 61.6 Å². The summed E-state index contributed by atoms with van der Waals surface area (Å²) in [6.07, 6.45) is 13.6. The molecular weight excluding hydrogens is 813 g/mol. The lowest BCUT2D eigenvalue weighted by atomic mass is 10.1. The second-order valence-corrected chi connectivity index (χ2v) is 13.9. The Morgan fingerprint density at radius 3 is 1.63 bits per heavy atom. The first-order chi connectivity index (χ1) is 30.1. The summed E-state index contributed by atoms with van der Waals surface area (Å²) in [7, 11) is 8.00. The molecule has 0 radical (unpaired) electrons. The molecular formula is C48H82N2O13. The van der Waals surface area contributed by atoms with E-state index in [4.69, 9.17) is 28.2 Å². The van der Waals surface area contributed by atoms with Crippen molar-refractivity contribution in [3.05, 3.63) is 73.7 Å². The fourth-order valence-electron chi connectivity index (χ4n) is 4.31. The Kier molecular flexibility index (Phi) is 49.8. The molecule has 63 heavy (non-hydrogen) atoms. The molecule has 0 spiro atoms. The van der Waals surface area contributed by atoms with E-state index in [0.717, 1.165) is 49.3 Å². The molecule has 0 aliphatic rings. The van der Waals surface area contributed by atoms with Gasteiger partial charge in [0.15, 0.2) is 0 Å². The molecule has 0 fully saturated rings. The Hall–Kier alpha value is -4.70. The molecule has 1 heterocycles. The lowest BCUT2D eigenvalue weighted by Crippen LogP contribution is -2.14. The second-order valence-electron chi connectivity index (χ2n) is 13.9. The van der Waals surface area contributed by atoms with Crippen molar-refractivity contribution in [2.24, 2.45) is 5.92 Å². The van der Waals surface area contributed by atoms with Gasteiger partial charge in [0.1, 0.15) is 12.7 Å². The number of hydrogen-bond acceptors (Lipinski definition) is 15. The number of carbonyl (C=O) groups excluding carboxylic acids is 4. The zero-order valence-electron chi connectivity index (χ0n) is 40.7. The van der Waals surface area contributed by atoms with Gasteiger partial charge in [-0.3, -0.25) is 4.79 Å². The van der Waals surface area contributed by atoms with Gasteiger partial charge in [-0.25, -0.2) is 14.4 Å². The number of rotatable bonds is 25. The third-order valence-corrected chi connectivity index (χ3v) is 7.92. The molecule has 0 aliphatic carbocycles. The van der Waals surface area contributed by atoms with E-state index in [1.807, 2.05) is 38.1 Å². The van der Waals surface area contributed by atoms with Gasteiger partial charge >= 0.3 is 23.9 Å². The lowest BCUT2D eigenvalue weighted by Gasteiger charge is -2.10. The predicted molar refractivity (Wildman–Crippen MR) is 248 cm³/mol. The van der Waals surface area contributed by atoms with Crippen molar-refractivity contribution in [1.29, 1.82) is 0 Å². The SMILES string of the molecule is C=CC(=O)OC(C)CCC(=O)OC.C=CC(=O)OC(C)CCOC.C=CC(=O)OCCOC.CCCCC(C)COC.CCCCCCOC.Cc1ccc(-c2noc(C)n2)cc1. The molecule has 0 bridgehead atoms. The number of hydrogen-bond donors (Lipinski definition) is 0. The van der Waals surface area contributed by atoms with E-state index in [1.54, 1.807) is 42.3 Å². The summed E-state index contributed by atoms with van der Waals surface area (Å²) in [5.74, 6) is 0.419. The Labute approximate surface area is 379 Å². The Morgan fingerprint density at radius 2 is 1.19 bits per heavy atom. The molecule has 1 aromatic carbocycles. The van der Waals surface area contributed by atoms with Crippen molar-refractivity contribution in [1.82, 2.24) is 10.1 Å². The summed E-state index contributed by atoms with van der Waals surface area (Å²) < 4.78 is 42.9. The van der Waals surface area contributed by atoms with Gasteiger partial charge in [-0.15, -0.1) is 0 Å². The van der Waals surface area contributed by atoms with E-state index < -0.39 is 11.9 Å². The molecule has 1 aromatic heterocycles. The standard InChI is InChI=1S/C10H10N2O.C9H14O4.C8H14O3.C8H18O.C7H16O.C6H10O3/c1-7-3-5-9(6-4-7)10-11-8(2)13-12-10;1-4-8(10)13-7(2)5-6-9(11)12-3;1-4-8(9)11-7(2)5-6-10-3;1-4-5-6-8(2)7-9-3;1-3-4-5-6-7-8-2;1-3-6(7)9-5-4-8-2/h3-6H,1-2H3;4,7H,1,5-6H2,2-3H3;4,7H,1,5-6H2,2-3H3;8H,4-7H2,1-3H3;3-7H2,1-2H3;3H,1,4-5H2,2H3. The van der Waals surface area contributed by atoms with Gasteiger partial charge in [0.05, 0.1) is 19.8 Å². The summed E-state index contributed by atoms with van der Waals surface area (Å²) in [5, 5.41) is 3.83. The van der Waals surface area contributed by atoms with Crippen LogP contribution >= 0.6 is 0 Å². The predicted octanol–water partition coefficient (Wildman–Crippen LogP) is 9.59. The molecule has 3 unspecified atom stereocenters. The van der Waals surface area contributed by atoms with Crippen molar-refractivity contribution >= 4 is 23.9 Å². The van der Waals surface area contributed by atoms with Gasteiger partial charge in [0.2, 0.25) is 11.7 Å². The molecule has 0 saturated heterocycles. The first-order valence-electron chi connectivity index (χ1n) is 21.4. The number of nitrogens with zero attached hydrogens (tertiary/aromatic N) is 2. The van der Waals surface area contributed by atoms with Gasteiger partial charge in [0.25, 0.3) is 0 Å².